The van der Waals surface area contributed by atoms with Crippen LogP contribution in [0.15, 0.2) is 0 Å². The highest BCUT2D eigenvalue weighted by Gasteiger charge is 2.34. The molecule has 2 N–H and O–H groups in total. The first-order valence-corrected chi connectivity index (χ1v) is 7.34. The van der Waals surface area contributed by atoms with Crippen LogP contribution in [0.25, 0.3) is 0 Å². The smallest absolute Gasteiger partial charge is 0.227 e. The van der Waals surface area contributed by atoms with E-state index in [4.69, 9.17) is 5.73 Å². The van der Waals surface area contributed by atoms with Gasteiger partial charge in [-0.15, -0.1) is 0 Å². The zero-order valence-electron chi connectivity index (χ0n) is 11.8. The fourth-order valence-corrected chi connectivity index (χ4v) is 3.32. The minimum atomic E-state index is 0.0679. The molecule has 0 aromatic carbocycles. The summed E-state index contributed by atoms with van der Waals surface area (Å²) in [5.74, 6) is 0.378. The minimum Gasteiger partial charge on any atom is -0.337 e. The molecule has 1 heterocycles. The van der Waals surface area contributed by atoms with Crippen molar-refractivity contribution in [2.24, 2.45) is 11.7 Å². The van der Waals surface area contributed by atoms with Crippen LogP contribution in [0.2, 0.25) is 0 Å². The average molecular weight is 253 g/mol. The number of hydrogen-bond donors (Lipinski definition) is 1. The summed E-state index contributed by atoms with van der Waals surface area (Å²) >= 11 is 0. The number of amides is 1. The molecule has 2 rings (SSSR count). The number of carbonyl (C=O) groups excluding carboxylic acids is 1. The molecule has 3 unspecified atom stereocenters. The van der Waals surface area contributed by atoms with Crippen LogP contribution in [-0.4, -0.2) is 54.5 Å². The number of nitrogens with zero attached hydrogens (tertiary/aromatic N) is 2. The zero-order valence-corrected chi connectivity index (χ0v) is 11.8. The van der Waals surface area contributed by atoms with Gasteiger partial charge in [-0.25, -0.2) is 0 Å². The van der Waals surface area contributed by atoms with Crippen molar-refractivity contribution in [1.29, 1.82) is 0 Å². The van der Waals surface area contributed by atoms with Crippen molar-refractivity contribution in [2.45, 2.75) is 51.1 Å². The predicted octanol–water partition coefficient (Wildman–Crippen LogP) is 1.06. The summed E-state index contributed by atoms with van der Waals surface area (Å²) in [6.07, 6.45) is 5.57. The molecule has 0 bridgehead atoms. The zero-order chi connectivity index (χ0) is 13.1. The van der Waals surface area contributed by atoms with E-state index in [1.165, 1.54) is 12.8 Å². The fourth-order valence-electron chi connectivity index (χ4n) is 3.32. The van der Waals surface area contributed by atoms with Crippen LogP contribution >= 0.6 is 0 Å². The summed E-state index contributed by atoms with van der Waals surface area (Å²) < 4.78 is 0. The number of nitrogens with two attached hydrogens (primary N) is 1. The molecule has 2 aliphatic rings. The van der Waals surface area contributed by atoms with E-state index in [1.54, 1.807) is 0 Å². The molecular weight excluding hydrogens is 226 g/mol. The Hall–Kier alpha value is -0.610. The Labute approximate surface area is 110 Å². The monoisotopic (exact) mass is 253 g/mol. The standard InChI is InChI=1S/C14H27N3O/c1-11-10-16(2)8-9-17(11)14(18)12-6-4-3-5-7-13(12)15/h11-13H,3-10,15H2,1-2H3. The van der Waals surface area contributed by atoms with Gasteiger partial charge in [-0.1, -0.05) is 19.3 Å². The Bertz CT molecular complexity index is 295. The maximum absolute atomic E-state index is 12.7. The van der Waals surface area contributed by atoms with Gasteiger partial charge in [-0.05, 0) is 26.8 Å². The molecule has 18 heavy (non-hydrogen) atoms. The molecular formula is C14H27N3O. The van der Waals surface area contributed by atoms with Crippen LogP contribution in [-0.2, 0) is 4.79 Å². The molecule has 3 atom stereocenters. The highest BCUT2D eigenvalue weighted by atomic mass is 16.2. The molecule has 2 fully saturated rings. The number of likely N-dealkylation sites (N-methyl/N-ethyl adjacent to an activating group) is 1. The first-order chi connectivity index (χ1) is 8.59. The van der Waals surface area contributed by atoms with E-state index in [2.05, 4.69) is 23.8 Å². The molecule has 4 heteroatoms. The van der Waals surface area contributed by atoms with Gasteiger partial charge in [0.2, 0.25) is 5.91 Å². The van der Waals surface area contributed by atoms with Gasteiger partial charge < -0.3 is 15.5 Å². The third-order valence-electron chi connectivity index (χ3n) is 4.50. The summed E-state index contributed by atoms with van der Waals surface area (Å²) in [5, 5.41) is 0. The van der Waals surface area contributed by atoms with Crippen molar-refractivity contribution >= 4 is 5.91 Å². The number of rotatable bonds is 1. The Morgan fingerprint density at radius 3 is 2.61 bits per heavy atom. The van der Waals surface area contributed by atoms with E-state index >= 15 is 0 Å². The summed E-state index contributed by atoms with van der Waals surface area (Å²) in [4.78, 5) is 17.0. The van der Waals surface area contributed by atoms with Crippen molar-refractivity contribution in [3.63, 3.8) is 0 Å². The van der Waals surface area contributed by atoms with Crippen LogP contribution in [0, 0.1) is 5.92 Å². The second-order valence-electron chi connectivity index (χ2n) is 6.05. The molecule has 1 aliphatic heterocycles. The molecule has 0 aromatic rings. The van der Waals surface area contributed by atoms with Crippen LogP contribution < -0.4 is 5.73 Å². The lowest BCUT2D eigenvalue weighted by atomic mass is 9.93. The van der Waals surface area contributed by atoms with Crippen molar-refractivity contribution in [3.05, 3.63) is 0 Å². The van der Waals surface area contributed by atoms with Gasteiger partial charge in [-0.2, -0.15) is 0 Å². The van der Waals surface area contributed by atoms with Gasteiger partial charge in [0.15, 0.2) is 0 Å². The van der Waals surface area contributed by atoms with E-state index in [1.807, 2.05) is 0 Å². The quantitative estimate of drug-likeness (QED) is 0.711. The van der Waals surface area contributed by atoms with E-state index in [0.29, 0.717) is 11.9 Å². The summed E-state index contributed by atoms with van der Waals surface area (Å²) in [5.41, 5.74) is 6.20. The molecule has 4 nitrogen and oxygen atoms in total. The molecule has 1 saturated heterocycles. The van der Waals surface area contributed by atoms with Crippen LogP contribution in [0.5, 0.6) is 0 Å². The van der Waals surface area contributed by atoms with E-state index in [-0.39, 0.29) is 12.0 Å². The summed E-state index contributed by atoms with van der Waals surface area (Å²) in [7, 11) is 2.12. The molecule has 0 aromatic heterocycles. The molecule has 1 saturated carbocycles. The highest BCUT2D eigenvalue weighted by molar-refractivity contribution is 5.80. The van der Waals surface area contributed by atoms with Crippen molar-refractivity contribution in [2.75, 3.05) is 26.7 Å². The SMILES string of the molecule is CC1CN(C)CCN1C(=O)C1CCCCCC1N. The number of piperazine rings is 1. The first kappa shape index (κ1) is 13.8. The van der Waals surface area contributed by atoms with Gasteiger partial charge in [0.05, 0.1) is 5.92 Å². The lowest BCUT2D eigenvalue weighted by Gasteiger charge is -2.40. The minimum absolute atomic E-state index is 0.0679. The first-order valence-electron chi connectivity index (χ1n) is 7.34. The fraction of sp³-hybridized carbons (Fsp3) is 0.929. The third kappa shape index (κ3) is 3.04. The Kier molecular flexibility index (Phi) is 4.62. The Morgan fingerprint density at radius 2 is 1.89 bits per heavy atom. The van der Waals surface area contributed by atoms with Crippen molar-refractivity contribution in [1.82, 2.24) is 9.80 Å². The van der Waals surface area contributed by atoms with Crippen LogP contribution in [0.1, 0.15) is 39.0 Å². The van der Waals surface area contributed by atoms with Gasteiger partial charge in [0, 0.05) is 31.7 Å². The van der Waals surface area contributed by atoms with Gasteiger partial charge >= 0.3 is 0 Å². The van der Waals surface area contributed by atoms with Gasteiger partial charge in [-0.3, -0.25) is 4.79 Å². The highest BCUT2D eigenvalue weighted by Crippen LogP contribution is 2.25. The number of hydrogen-bond acceptors (Lipinski definition) is 3. The second-order valence-corrected chi connectivity index (χ2v) is 6.05. The summed E-state index contributed by atoms with van der Waals surface area (Å²) in [6.45, 7) is 4.97. The van der Waals surface area contributed by atoms with Crippen LogP contribution in [0.4, 0.5) is 0 Å². The predicted molar refractivity (Wildman–Crippen MR) is 73.2 cm³/mol. The molecule has 1 aliphatic carbocycles. The van der Waals surface area contributed by atoms with E-state index < -0.39 is 0 Å². The van der Waals surface area contributed by atoms with Gasteiger partial charge in [0.1, 0.15) is 0 Å². The average Bonchev–Trinajstić information content (AvgIpc) is 2.53. The van der Waals surface area contributed by atoms with E-state index in [9.17, 15) is 4.79 Å². The third-order valence-corrected chi connectivity index (χ3v) is 4.50. The van der Waals surface area contributed by atoms with Crippen molar-refractivity contribution in [3.8, 4) is 0 Å². The molecule has 104 valence electrons. The molecule has 0 radical (unpaired) electrons. The maximum atomic E-state index is 12.7. The molecule has 0 spiro atoms. The van der Waals surface area contributed by atoms with Crippen LogP contribution in [0.3, 0.4) is 0 Å². The van der Waals surface area contributed by atoms with Gasteiger partial charge in [0.25, 0.3) is 0 Å². The second kappa shape index (κ2) is 6.02. The number of carbonyl (C=O) groups is 1. The van der Waals surface area contributed by atoms with E-state index in [0.717, 1.165) is 38.9 Å². The summed E-state index contributed by atoms with van der Waals surface area (Å²) in [6, 6.07) is 0.401. The Morgan fingerprint density at radius 1 is 1.17 bits per heavy atom. The topological polar surface area (TPSA) is 49.6 Å². The maximum Gasteiger partial charge on any atom is 0.227 e. The Balaban J connectivity index is 2.00. The normalized spacial score (nSPS) is 35.3. The molecule has 1 amide bonds. The lowest BCUT2D eigenvalue weighted by molar-refractivity contribution is -0.140. The lowest BCUT2D eigenvalue weighted by Crippen LogP contribution is -2.56. The largest absolute Gasteiger partial charge is 0.337 e. The van der Waals surface area contributed by atoms with Crippen molar-refractivity contribution < 1.29 is 4.79 Å².